The molecule has 3 aromatic rings. The average molecular weight is 507 g/mol. The average Bonchev–Trinajstić information content (AvgIpc) is 2.97. The zero-order valence-corrected chi connectivity index (χ0v) is 19.7. The summed E-state index contributed by atoms with van der Waals surface area (Å²) < 4.78 is 61.8. The van der Waals surface area contributed by atoms with Crippen LogP contribution in [-0.4, -0.2) is 48.3 Å². The van der Waals surface area contributed by atoms with Crippen LogP contribution in [0.5, 0.6) is 0 Å². The summed E-state index contributed by atoms with van der Waals surface area (Å²) in [6, 6.07) is 10.1. The number of urea groups is 1. The van der Waals surface area contributed by atoms with Gasteiger partial charge >= 0.3 is 11.5 Å². The second kappa shape index (κ2) is 8.22. The summed E-state index contributed by atoms with van der Waals surface area (Å²) in [7, 11) is -3.77. The lowest BCUT2D eigenvalue weighted by molar-refractivity contribution is -0.123. The Labute approximate surface area is 199 Å². The molecule has 0 atom stereocenters. The van der Waals surface area contributed by atoms with Gasteiger partial charge in [0.25, 0.3) is 15.7 Å². The zero-order valence-electron chi connectivity index (χ0n) is 18.9. The van der Waals surface area contributed by atoms with Crippen LogP contribution in [0.1, 0.15) is 19.4 Å². The molecule has 0 unspecified atom stereocenters. The smallest absolute Gasteiger partial charge is 0.388 e. The molecule has 35 heavy (non-hydrogen) atoms. The second-order valence-electron chi connectivity index (χ2n) is 8.46. The molecular formula is C23H21F3N4O4S. The molecule has 0 radical (unpaired) electrons. The minimum absolute atomic E-state index is 0.0325. The van der Waals surface area contributed by atoms with Gasteiger partial charge in [-0.1, -0.05) is 6.07 Å². The van der Waals surface area contributed by atoms with E-state index in [1.165, 1.54) is 4.90 Å². The molecule has 0 bridgehead atoms. The van der Waals surface area contributed by atoms with E-state index < -0.39 is 37.7 Å². The topological polar surface area (TPSA) is 99.7 Å². The van der Waals surface area contributed by atoms with E-state index in [1.54, 1.807) is 33.2 Å². The molecule has 1 aliphatic rings. The van der Waals surface area contributed by atoms with Crippen molar-refractivity contribution < 1.29 is 31.2 Å². The third kappa shape index (κ3) is 3.97. The number of aromatic nitrogens is 1. The van der Waals surface area contributed by atoms with Gasteiger partial charge in [0.05, 0.1) is 16.1 Å². The summed E-state index contributed by atoms with van der Waals surface area (Å²) in [4.78, 5) is 32.1. The predicted octanol–water partition coefficient (Wildman–Crippen LogP) is 4.32. The molecule has 1 fully saturated rings. The van der Waals surface area contributed by atoms with Crippen LogP contribution < -0.4 is 10.2 Å². The molecule has 184 valence electrons. The fourth-order valence-electron chi connectivity index (χ4n) is 3.91. The van der Waals surface area contributed by atoms with Crippen molar-refractivity contribution in [3.05, 3.63) is 60.3 Å². The number of nitrogens with zero attached hydrogens (tertiary/aromatic N) is 3. The highest BCUT2D eigenvalue weighted by Crippen LogP contribution is 2.36. The summed E-state index contributed by atoms with van der Waals surface area (Å²) in [6.07, 6.45) is 1.60. The Balaban J connectivity index is 1.68. The number of imide groups is 1. The van der Waals surface area contributed by atoms with Crippen LogP contribution in [0.2, 0.25) is 0 Å². The first-order valence-corrected chi connectivity index (χ1v) is 11.9. The number of hydrogen-bond donors (Lipinski definition) is 1. The number of fused-ring (bicyclic) bond motifs is 1. The van der Waals surface area contributed by atoms with E-state index in [2.05, 4.69) is 10.3 Å². The standard InChI is InChI=1S/C23H21F3N4O4S/c1-22(2)20(31)30(16-5-7-17(8-6-16)35(33,34)23(24,25)26)21(32)29(22)13-14-10-11-28-19-12-15(27-3)4-9-18(14)19/h4-12,27H,13H2,1-3H3. The van der Waals surface area contributed by atoms with Gasteiger partial charge < -0.3 is 10.2 Å². The lowest BCUT2D eigenvalue weighted by Crippen LogP contribution is -2.43. The molecule has 0 spiro atoms. The number of carbonyl (C=O) groups excluding carboxylic acids is 2. The van der Waals surface area contributed by atoms with Gasteiger partial charge in [0.15, 0.2) is 0 Å². The van der Waals surface area contributed by atoms with E-state index in [-0.39, 0.29) is 12.2 Å². The molecule has 8 nitrogen and oxygen atoms in total. The molecule has 2 heterocycles. The third-order valence-electron chi connectivity index (χ3n) is 5.98. The number of pyridine rings is 1. The summed E-state index contributed by atoms with van der Waals surface area (Å²) in [5.41, 5.74) is -4.46. The maximum atomic E-state index is 13.3. The van der Waals surface area contributed by atoms with Crippen molar-refractivity contribution >= 4 is 44.1 Å². The first kappa shape index (κ1) is 24.5. The molecule has 1 saturated heterocycles. The Bertz CT molecular complexity index is 1440. The van der Waals surface area contributed by atoms with E-state index in [1.807, 2.05) is 18.2 Å². The Kier molecular flexibility index (Phi) is 5.75. The number of anilines is 2. The monoisotopic (exact) mass is 506 g/mol. The number of benzene rings is 2. The quantitative estimate of drug-likeness (QED) is 0.518. The molecule has 1 aliphatic heterocycles. The highest BCUT2D eigenvalue weighted by atomic mass is 32.2. The van der Waals surface area contributed by atoms with E-state index in [9.17, 15) is 31.2 Å². The van der Waals surface area contributed by atoms with Crippen molar-refractivity contribution in [3.63, 3.8) is 0 Å². The van der Waals surface area contributed by atoms with Crippen molar-refractivity contribution in [2.24, 2.45) is 0 Å². The lowest BCUT2D eigenvalue weighted by Gasteiger charge is -2.28. The highest BCUT2D eigenvalue weighted by molar-refractivity contribution is 7.92. The summed E-state index contributed by atoms with van der Waals surface area (Å²) in [6.45, 7) is 3.21. The second-order valence-corrected chi connectivity index (χ2v) is 10.4. The van der Waals surface area contributed by atoms with E-state index >= 15 is 0 Å². The van der Waals surface area contributed by atoms with Crippen molar-refractivity contribution in [3.8, 4) is 0 Å². The molecule has 1 N–H and O–H groups in total. The fourth-order valence-corrected chi connectivity index (χ4v) is 4.67. The number of halogens is 3. The number of carbonyl (C=O) groups is 2. The van der Waals surface area contributed by atoms with E-state index in [0.29, 0.717) is 5.52 Å². The Hall–Kier alpha value is -3.67. The van der Waals surface area contributed by atoms with Crippen LogP contribution in [0, 0.1) is 0 Å². The zero-order chi connectivity index (χ0) is 25.8. The number of alkyl halides is 3. The molecule has 0 aliphatic carbocycles. The molecule has 2 aromatic carbocycles. The number of amides is 3. The highest BCUT2D eigenvalue weighted by Gasteiger charge is 2.52. The SMILES string of the molecule is CNc1ccc2c(CN3C(=O)N(c4ccc(S(=O)(=O)C(F)(F)F)cc4)C(=O)C3(C)C)ccnc2c1. The fraction of sp³-hybridized carbons (Fsp3) is 0.261. The number of hydrogen-bond acceptors (Lipinski definition) is 6. The van der Waals surface area contributed by atoms with Gasteiger partial charge in [0, 0.05) is 30.9 Å². The Morgan fingerprint density at radius 1 is 1.03 bits per heavy atom. The van der Waals surface area contributed by atoms with Gasteiger partial charge in [0.2, 0.25) is 0 Å². The molecule has 3 amide bonds. The van der Waals surface area contributed by atoms with Crippen LogP contribution in [-0.2, 0) is 21.2 Å². The number of nitrogens with one attached hydrogen (secondary N) is 1. The van der Waals surface area contributed by atoms with Gasteiger partial charge in [-0.2, -0.15) is 13.2 Å². The first-order valence-electron chi connectivity index (χ1n) is 10.4. The molecule has 1 aromatic heterocycles. The van der Waals surface area contributed by atoms with Crippen molar-refractivity contribution in [2.45, 2.75) is 36.3 Å². The van der Waals surface area contributed by atoms with Crippen LogP contribution in [0.25, 0.3) is 10.9 Å². The first-order chi connectivity index (χ1) is 16.3. The summed E-state index contributed by atoms with van der Waals surface area (Å²) in [5, 5.41) is 3.82. The Morgan fingerprint density at radius 3 is 2.29 bits per heavy atom. The van der Waals surface area contributed by atoms with Gasteiger partial charge in [-0.3, -0.25) is 9.78 Å². The van der Waals surface area contributed by atoms with Crippen LogP contribution >= 0.6 is 0 Å². The van der Waals surface area contributed by atoms with Crippen molar-refractivity contribution in [1.29, 1.82) is 0 Å². The molecular weight excluding hydrogens is 485 g/mol. The van der Waals surface area contributed by atoms with Crippen LogP contribution in [0.15, 0.2) is 59.6 Å². The minimum atomic E-state index is -5.55. The largest absolute Gasteiger partial charge is 0.501 e. The van der Waals surface area contributed by atoms with Gasteiger partial charge in [-0.15, -0.1) is 0 Å². The predicted molar refractivity (Wildman–Crippen MR) is 123 cm³/mol. The minimum Gasteiger partial charge on any atom is -0.388 e. The Morgan fingerprint density at radius 2 is 1.69 bits per heavy atom. The third-order valence-corrected chi connectivity index (χ3v) is 7.49. The van der Waals surface area contributed by atoms with Crippen LogP contribution in [0.4, 0.5) is 29.3 Å². The molecule has 12 heteroatoms. The molecule has 4 rings (SSSR count). The number of sulfone groups is 1. The van der Waals surface area contributed by atoms with Gasteiger partial charge in [-0.05, 0) is 61.9 Å². The van der Waals surface area contributed by atoms with Gasteiger partial charge in [0.1, 0.15) is 5.54 Å². The summed E-state index contributed by atoms with van der Waals surface area (Å²) >= 11 is 0. The maximum Gasteiger partial charge on any atom is 0.501 e. The van der Waals surface area contributed by atoms with E-state index in [0.717, 1.165) is 45.8 Å². The maximum absolute atomic E-state index is 13.3. The van der Waals surface area contributed by atoms with E-state index in [4.69, 9.17) is 0 Å². The summed E-state index contributed by atoms with van der Waals surface area (Å²) in [5.74, 6) is -0.593. The van der Waals surface area contributed by atoms with Crippen molar-refractivity contribution in [2.75, 3.05) is 17.3 Å². The lowest BCUT2D eigenvalue weighted by atomic mass is 10.0. The number of rotatable bonds is 5. The van der Waals surface area contributed by atoms with Crippen LogP contribution in [0.3, 0.4) is 0 Å². The van der Waals surface area contributed by atoms with Crippen molar-refractivity contribution in [1.82, 2.24) is 9.88 Å². The normalized spacial score (nSPS) is 16.3. The molecule has 0 saturated carbocycles. The van der Waals surface area contributed by atoms with Gasteiger partial charge in [-0.25, -0.2) is 18.1 Å².